The highest BCUT2D eigenvalue weighted by Crippen LogP contribution is 2.34. The smallest absolute Gasteiger partial charge is 0.264 e. The summed E-state index contributed by atoms with van der Waals surface area (Å²) < 4.78 is 39.5. The lowest BCUT2D eigenvalue weighted by Crippen LogP contribution is -2.51. The number of ether oxygens (including phenoxy) is 2. The van der Waals surface area contributed by atoms with Gasteiger partial charge in [0.05, 0.1) is 24.8 Å². The van der Waals surface area contributed by atoms with E-state index in [1.165, 1.54) is 43.4 Å². The van der Waals surface area contributed by atoms with Crippen molar-refractivity contribution in [1.82, 2.24) is 10.2 Å². The van der Waals surface area contributed by atoms with Crippen molar-refractivity contribution < 1.29 is 27.5 Å². The Kier molecular flexibility index (Phi) is 11.0. The van der Waals surface area contributed by atoms with Crippen LogP contribution in [0.15, 0.2) is 77.7 Å². The zero-order valence-corrected chi connectivity index (χ0v) is 25.4. The predicted octanol–water partition coefficient (Wildman–Crippen LogP) is 4.74. The first-order valence-corrected chi connectivity index (χ1v) is 14.9. The number of hydrogen-bond acceptors (Lipinski definition) is 6. The molecule has 3 aromatic carbocycles. The molecule has 0 saturated heterocycles. The summed E-state index contributed by atoms with van der Waals surface area (Å²) in [4.78, 5) is 28.5. The number of nitrogens with one attached hydrogen (secondary N) is 1. The SMILES string of the molecule is COc1ccc(N(CC(=O)N(Cc2ccc(Cl)cc2)[C@@H](C)C(=O)NCC(C)C)S(=O)(=O)c2ccccc2)cc1OC. The van der Waals surface area contributed by atoms with E-state index in [4.69, 9.17) is 21.1 Å². The van der Waals surface area contributed by atoms with Gasteiger partial charge in [0.25, 0.3) is 10.0 Å². The van der Waals surface area contributed by atoms with Crippen LogP contribution in [-0.4, -0.2) is 58.5 Å². The minimum Gasteiger partial charge on any atom is -0.493 e. The second-order valence-electron chi connectivity index (χ2n) is 9.83. The van der Waals surface area contributed by atoms with Gasteiger partial charge in [0.15, 0.2) is 11.5 Å². The number of benzene rings is 3. The molecule has 220 valence electrons. The van der Waals surface area contributed by atoms with Crippen LogP contribution in [0.5, 0.6) is 11.5 Å². The molecular weight excluding hydrogens is 566 g/mol. The third kappa shape index (κ3) is 8.14. The van der Waals surface area contributed by atoms with Crippen molar-refractivity contribution in [3.05, 3.63) is 83.4 Å². The van der Waals surface area contributed by atoms with Crippen LogP contribution in [0.25, 0.3) is 0 Å². The second-order valence-corrected chi connectivity index (χ2v) is 12.1. The lowest BCUT2D eigenvalue weighted by molar-refractivity contribution is -0.139. The van der Waals surface area contributed by atoms with Crippen LogP contribution in [0.4, 0.5) is 5.69 Å². The van der Waals surface area contributed by atoms with Crippen molar-refractivity contribution in [2.45, 2.75) is 38.3 Å². The maximum absolute atomic E-state index is 14.0. The zero-order valence-electron chi connectivity index (χ0n) is 23.8. The Morgan fingerprint density at radius 2 is 1.54 bits per heavy atom. The van der Waals surface area contributed by atoms with E-state index in [-0.39, 0.29) is 29.0 Å². The van der Waals surface area contributed by atoms with Crippen LogP contribution in [-0.2, 0) is 26.2 Å². The molecule has 1 N–H and O–H groups in total. The topological polar surface area (TPSA) is 105 Å². The summed E-state index contributed by atoms with van der Waals surface area (Å²) in [6.07, 6.45) is 0. The molecule has 0 spiro atoms. The molecule has 3 rings (SSSR count). The molecule has 9 nitrogen and oxygen atoms in total. The van der Waals surface area contributed by atoms with Crippen LogP contribution < -0.4 is 19.1 Å². The monoisotopic (exact) mass is 601 g/mol. The fourth-order valence-electron chi connectivity index (χ4n) is 4.05. The van der Waals surface area contributed by atoms with Crippen molar-refractivity contribution in [2.75, 3.05) is 31.6 Å². The molecule has 2 amide bonds. The first kappa shape index (κ1) is 31.8. The summed E-state index contributed by atoms with van der Waals surface area (Å²) in [6.45, 7) is 5.50. The average molecular weight is 602 g/mol. The highest BCUT2D eigenvalue weighted by atomic mass is 35.5. The van der Waals surface area contributed by atoms with Gasteiger partial charge >= 0.3 is 0 Å². The molecule has 0 aliphatic heterocycles. The maximum Gasteiger partial charge on any atom is 0.264 e. The Balaban J connectivity index is 2.05. The van der Waals surface area contributed by atoms with Crippen LogP contribution in [0, 0.1) is 5.92 Å². The molecule has 0 unspecified atom stereocenters. The predicted molar refractivity (Wildman–Crippen MR) is 160 cm³/mol. The number of anilines is 1. The number of sulfonamides is 1. The Morgan fingerprint density at radius 1 is 0.902 bits per heavy atom. The van der Waals surface area contributed by atoms with Crippen LogP contribution >= 0.6 is 11.6 Å². The van der Waals surface area contributed by atoms with Gasteiger partial charge in [-0.15, -0.1) is 0 Å². The van der Waals surface area contributed by atoms with Crippen molar-refractivity contribution in [3.8, 4) is 11.5 Å². The van der Waals surface area contributed by atoms with Crippen molar-refractivity contribution in [3.63, 3.8) is 0 Å². The van der Waals surface area contributed by atoms with Gasteiger partial charge in [-0.05, 0) is 54.8 Å². The highest BCUT2D eigenvalue weighted by Gasteiger charge is 2.33. The van der Waals surface area contributed by atoms with Gasteiger partial charge in [-0.3, -0.25) is 13.9 Å². The molecule has 0 radical (unpaired) electrons. The minimum atomic E-state index is -4.20. The Morgan fingerprint density at radius 3 is 2.12 bits per heavy atom. The number of carbonyl (C=O) groups excluding carboxylic acids is 2. The van der Waals surface area contributed by atoms with Gasteiger partial charge < -0.3 is 19.7 Å². The van der Waals surface area contributed by atoms with Gasteiger partial charge in [0, 0.05) is 24.2 Å². The summed E-state index contributed by atoms with van der Waals surface area (Å²) in [7, 11) is -1.29. The van der Waals surface area contributed by atoms with Crippen LogP contribution in [0.2, 0.25) is 5.02 Å². The molecule has 0 fully saturated rings. The summed E-state index contributed by atoms with van der Waals surface area (Å²) in [5, 5.41) is 3.40. The quantitative estimate of drug-likeness (QED) is 0.303. The molecule has 41 heavy (non-hydrogen) atoms. The third-order valence-corrected chi connectivity index (χ3v) is 8.42. The largest absolute Gasteiger partial charge is 0.493 e. The maximum atomic E-state index is 14.0. The average Bonchev–Trinajstić information content (AvgIpc) is 2.97. The van der Waals surface area contributed by atoms with Gasteiger partial charge in [-0.25, -0.2) is 8.42 Å². The molecule has 0 saturated carbocycles. The number of amides is 2. The fourth-order valence-corrected chi connectivity index (χ4v) is 5.60. The number of carbonyl (C=O) groups is 2. The van der Waals surface area contributed by atoms with Gasteiger partial charge in [-0.2, -0.15) is 0 Å². The Hall–Kier alpha value is -3.76. The van der Waals surface area contributed by atoms with E-state index in [2.05, 4.69) is 5.32 Å². The Labute approximate surface area is 247 Å². The summed E-state index contributed by atoms with van der Waals surface area (Å²) >= 11 is 6.05. The second kappa shape index (κ2) is 14.2. The molecule has 1 atom stereocenters. The molecule has 0 aliphatic rings. The lowest BCUT2D eigenvalue weighted by atomic mass is 10.1. The first-order chi connectivity index (χ1) is 19.5. The number of methoxy groups -OCH3 is 2. The summed E-state index contributed by atoms with van der Waals surface area (Å²) in [5.74, 6) is -0.00114. The highest BCUT2D eigenvalue weighted by molar-refractivity contribution is 7.92. The van der Waals surface area contributed by atoms with E-state index >= 15 is 0 Å². The van der Waals surface area contributed by atoms with Gasteiger partial charge in [0.2, 0.25) is 11.8 Å². The van der Waals surface area contributed by atoms with Crippen LogP contribution in [0.3, 0.4) is 0 Å². The number of halogens is 1. The number of hydrogen-bond donors (Lipinski definition) is 1. The van der Waals surface area contributed by atoms with E-state index in [0.29, 0.717) is 23.1 Å². The van der Waals surface area contributed by atoms with E-state index < -0.39 is 28.5 Å². The Bertz CT molecular complexity index is 1430. The molecule has 0 aromatic heterocycles. The lowest BCUT2D eigenvalue weighted by Gasteiger charge is -2.32. The summed E-state index contributed by atoms with van der Waals surface area (Å²) in [6, 6.07) is 18.5. The van der Waals surface area contributed by atoms with Crippen molar-refractivity contribution in [1.29, 1.82) is 0 Å². The van der Waals surface area contributed by atoms with Crippen LogP contribution in [0.1, 0.15) is 26.3 Å². The molecule has 3 aromatic rings. The minimum absolute atomic E-state index is 0.00885. The fraction of sp³-hybridized carbons (Fsp3) is 0.333. The molecular formula is C30H36ClN3O6S. The van der Waals surface area contributed by atoms with Gasteiger partial charge in [-0.1, -0.05) is 55.8 Å². The van der Waals surface area contributed by atoms with Crippen molar-refractivity contribution >= 4 is 39.1 Å². The number of rotatable bonds is 13. The zero-order chi connectivity index (χ0) is 30.2. The standard InChI is InChI=1S/C30H36ClN3O6S/c1-21(2)18-32-30(36)22(3)33(19-23-11-13-24(31)14-12-23)29(35)20-34(41(37,38)26-9-7-6-8-10-26)25-15-16-27(39-4)28(17-25)40-5/h6-17,21-22H,18-20H2,1-5H3,(H,32,36)/t22-/m0/s1. The number of nitrogens with zero attached hydrogens (tertiary/aromatic N) is 2. The normalized spacial score (nSPS) is 12.0. The molecule has 0 bridgehead atoms. The van der Waals surface area contributed by atoms with E-state index in [1.54, 1.807) is 55.5 Å². The molecule has 0 heterocycles. The van der Waals surface area contributed by atoms with E-state index in [1.807, 2.05) is 13.8 Å². The first-order valence-electron chi connectivity index (χ1n) is 13.1. The van der Waals surface area contributed by atoms with Crippen molar-refractivity contribution in [2.24, 2.45) is 5.92 Å². The van der Waals surface area contributed by atoms with E-state index in [0.717, 1.165) is 9.87 Å². The summed E-state index contributed by atoms with van der Waals surface area (Å²) in [5.41, 5.74) is 0.929. The van der Waals surface area contributed by atoms with Gasteiger partial charge in [0.1, 0.15) is 12.6 Å². The molecule has 11 heteroatoms. The van der Waals surface area contributed by atoms with E-state index in [9.17, 15) is 18.0 Å². The third-order valence-electron chi connectivity index (χ3n) is 6.38. The molecule has 0 aliphatic carbocycles.